The number of ether oxygens (including phenoxy) is 1. The molecule has 0 aliphatic rings. The quantitative estimate of drug-likeness (QED) is 0.870. The van der Waals surface area contributed by atoms with Gasteiger partial charge >= 0.3 is 5.97 Å². The molecule has 1 heterocycles. The van der Waals surface area contributed by atoms with Crippen molar-refractivity contribution in [2.75, 3.05) is 0 Å². The maximum atomic E-state index is 11.8. The van der Waals surface area contributed by atoms with Crippen LogP contribution in [0.4, 0.5) is 0 Å². The first-order valence-corrected chi connectivity index (χ1v) is 5.77. The molecule has 2 N–H and O–H groups in total. The molecule has 1 atom stereocenters. The summed E-state index contributed by atoms with van der Waals surface area (Å²) in [5.74, 6) is -0.366. The van der Waals surface area contributed by atoms with Gasteiger partial charge in [-0.25, -0.2) is 4.79 Å². The molecule has 4 nitrogen and oxygen atoms in total. The molecule has 0 fully saturated rings. The summed E-state index contributed by atoms with van der Waals surface area (Å²) in [6.07, 6.45) is 3.99. The van der Waals surface area contributed by atoms with Crippen molar-refractivity contribution in [2.24, 2.45) is 5.73 Å². The molecule has 0 bridgehead atoms. The van der Waals surface area contributed by atoms with Gasteiger partial charge in [0.15, 0.2) is 0 Å². The number of carbonyl (C=O) groups excluding carboxylic acids is 1. The Balaban J connectivity index is 0. The number of esters is 1. The van der Waals surface area contributed by atoms with E-state index in [1.54, 1.807) is 12.3 Å². The summed E-state index contributed by atoms with van der Waals surface area (Å²) >= 11 is 0. The third kappa shape index (κ3) is 6.76. The Labute approximate surface area is 126 Å². The van der Waals surface area contributed by atoms with Gasteiger partial charge in [-0.05, 0) is 38.8 Å². The minimum atomic E-state index is -0.500. The second kappa shape index (κ2) is 8.35. The van der Waals surface area contributed by atoms with E-state index in [-0.39, 0.29) is 36.8 Å². The Bertz CT molecular complexity index is 406. The standard InChI is InChI=1S/C13H20N2O2.2ClH/c1-5-11(14)9-6-10(8-15-7-9)12(16)17-13(2,3)4;;/h6-8,11H,5,14H2,1-4H3;2*1H. The van der Waals surface area contributed by atoms with Crippen LogP contribution in [0.3, 0.4) is 0 Å². The molecule has 0 saturated heterocycles. The molecule has 0 aromatic carbocycles. The lowest BCUT2D eigenvalue weighted by atomic mass is 10.1. The number of halogens is 2. The van der Waals surface area contributed by atoms with E-state index in [2.05, 4.69) is 4.98 Å². The summed E-state index contributed by atoms with van der Waals surface area (Å²) in [6.45, 7) is 7.49. The molecule has 0 aliphatic heterocycles. The van der Waals surface area contributed by atoms with Crippen LogP contribution < -0.4 is 5.73 Å². The summed E-state index contributed by atoms with van der Waals surface area (Å²) < 4.78 is 5.27. The number of aromatic nitrogens is 1. The van der Waals surface area contributed by atoms with Crippen molar-refractivity contribution in [1.29, 1.82) is 0 Å². The van der Waals surface area contributed by atoms with Crippen LogP contribution in [-0.4, -0.2) is 16.6 Å². The molecule has 0 spiro atoms. The van der Waals surface area contributed by atoms with E-state index in [1.807, 2.05) is 27.7 Å². The monoisotopic (exact) mass is 308 g/mol. The summed E-state index contributed by atoms with van der Waals surface area (Å²) in [7, 11) is 0. The maximum Gasteiger partial charge on any atom is 0.340 e. The molecule has 19 heavy (non-hydrogen) atoms. The van der Waals surface area contributed by atoms with Crippen molar-refractivity contribution in [3.63, 3.8) is 0 Å². The molecule has 1 aromatic heterocycles. The Morgan fingerprint density at radius 3 is 2.42 bits per heavy atom. The van der Waals surface area contributed by atoms with Gasteiger partial charge in [0.05, 0.1) is 5.56 Å². The second-order valence-corrected chi connectivity index (χ2v) is 5.02. The van der Waals surface area contributed by atoms with Crippen LogP contribution in [-0.2, 0) is 4.74 Å². The third-order valence-electron chi connectivity index (χ3n) is 2.26. The number of nitrogens with zero attached hydrogens (tertiary/aromatic N) is 1. The van der Waals surface area contributed by atoms with Crippen molar-refractivity contribution in [3.8, 4) is 0 Å². The van der Waals surface area contributed by atoms with Crippen LogP contribution in [0.1, 0.15) is 56.1 Å². The van der Waals surface area contributed by atoms with Crippen molar-refractivity contribution < 1.29 is 9.53 Å². The lowest BCUT2D eigenvalue weighted by molar-refractivity contribution is 0.00689. The van der Waals surface area contributed by atoms with Crippen molar-refractivity contribution in [1.82, 2.24) is 4.98 Å². The Morgan fingerprint density at radius 2 is 1.95 bits per heavy atom. The van der Waals surface area contributed by atoms with E-state index in [0.717, 1.165) is 12.0 Å². The topological polar surface area (TPSA) is 65.2 Å². The summed E-state index contributed by atoms with van der Waals surface area (Å²) in [6, 6.07) is 1.65. The van der Waals surface area contributed by atoms with E-state index in [1.165, 1.54) is 6.20 Å². The molecule has 1 unspecified atom stereocenters. The SMILES string of the molecule is CCC(N)c1cncc(C(=O)OC(C)(C)C)c1.Cl.Cl. The van der Waals surface area contributed by atoms with Crippen LogP contribution in [0.5, 0.6) is 0 Å². The Morgan fingerprint density at radius 1 is 1.37 bits per heavy atom. The number of rotatable bonds is 3. The minimum absolute atomic E-state index is 0. The highest BCUT2D eigenvalue weighted by molar-refractivity contribution is 5.89. The number of carbonyl (C=O) groups is 1. The van der Waals surface area contributed by atoms with Crippen LogP contribution >= 0.6 is 24.8 Å². The molecule has 1 rings (SSSR count). The lowest BCUT2D eigenvalue weighted by Crippen LogP contribution is -2.24. The van der Waals surface area contributed by atoms with E-state index in [9.17, 15) is 4.79 Å². The molecular formula is C13H22Cl2N2O2. The first-order valence-electron chi connectivity index (χ1n) is 5.77. The predicted molar refractivity (Wildman–Crippen MR) is 81.1 cm³/mol. The number of pyridine rings is 1. The van der Waals surface area contributed by atoms with Gasteiger partial charge in [-0.1, -0.05) is 6.92 Å². The fourth-order valence-electron chi connectivity index (χ4n) is 1.34. The van der Waals surface area contributed by atoms with Crippen LogP contribution in [0.15, 0.2) is 18.5 Å². The molecule has 0 amide bonds. The van der Waals surface area contributed by atoms with E-state index in [0.29, 0.717) is 5.56 Å². The molecular weight excluding hydrogens is 287 g/mol. The molecule has 0 aliphatic carbocycles. The maximum absolute atomic E-state index is 11.8. The van der Waals surface area contributed by atoms with Gasteiger partial charge in [-0.3, -0.25) is 4.98 Å². The number of nitrogens with two attached hydrogens (primary N) is 1. The van der Waals surface area contributed by atoms with Gasteiger partial charge in [0.25, 0.3) is 0 Å². The zero-order valence-electron chi connectivity index (χ0n) is 11.7. The fourth-order valence-corrected chi connectivity index (χ4v) is 1.34. The normalized spacial score (nSPS) is 11.8. The average Bonchev–Trinajstić information content (AvgIpc) is 2.26. The minimum Gasteiger partial charge on any atom is -0.456 e. The lowest BCUT2D eigenvalue weighted by Gasteiger charge is -2.19. The van der Waals surface area contributed by atoms with Crippen LogP contribution in [0.2, 0.25) is 0 Å². The Kier molecular flexibility index (Phi) is 9.00. The highest BCUT2D eigenvalue weighted by Crippen LogP contribution is 2.16. The number of hydrogen-bond acceptors (Lipinski definition) is 4. The van der Waals surface area contributed by atoms with Gasteiger partial charge in [0, 0.05) is 18.4 Å². The summed E-state index contributed by atoms with van der Waals surface area (Å²) in [5, 5.41) is 0. The highest BCUT2D eigenvalue weighted by atomic mass is 35.5. The molecule has 0 radical (unpaired) electrons. The number of hydrogen-bond donors (Lipinski definition) is 1. The van der Waals surface area contributed by atoms with Crippen LogP contribution in [0, 0.1) is 0 Å². The van der Waals surface area contributed by atoms with Gasteiger partial charge in [0.2, 0.25) is 0 Å². The van der Waals surface area contributed by atoms with Crippen LogP contribution in [0.25, 0.3) is 0 Å². The Hall–Kier alpha value is -0.840. The molecule has 1 aromatic rings. The predicted octanol–water partition coefficient (Wildman–Crippen LogP) is 3.29. The summed E-state index contributed by atoms with van der Waals surface area (Å²) in [4.78, 5) is 15.8. The van der Waals surface area contributed by atoms with Gasteiger partial charge in [-0.2, -0.15) is 0 Å². The fraction of sp³-hybridized carbons (Fsp3) is 0.538. The van der Waals surface area contributed by atoms with E-state index < -0.39 is 5.60 Å². The van der Waals surface area contributed by atoms with Crippen molar-refractivity contribution in [3.05, 3.63) is 29.6 Å². The molecule has 110 valence electrons. The van der Waals surface area contributed by atoms with Crippen molar-refractivity contribution in [2.45, 2.75) is 45.8 Å². The zero-order chi connectivity index (χ0) is 13.1. The van der Waals surface area contributed by atoms with E-state index in [4.69, 9.17) is 10.5 Å². The van der Waals surface area contributed by atoms with E-state index >= 15 is 0 Å². The summed E-state index contributed by atoms with van der Waals surface area (Å²) in [5.41, 5.74) is 6.70. The second-order valence-electron chi connectivity index (χ2n) is 5.02. The first kappa shape index (κ1) is 20.5. The average molecular weight is 309 g/mol. The highest BCUT2D eigenvalue weighted by Gasteiger charge is 2.18. The molecule has 6 heteroatoms. The first-order chi connectivity index (χ1) is 7.83. The van der Waals surface area contributed by atoms with Gasteiger partial charge in [0.1, 0.15) is 5.60 Å². The largest absolute Gasteiger partial charge is 0.456 e. The molecule has 0 saturated carbocycles. The zero-order valence-corrected chi connectivity index (χ0v) is 13.3. The van der Waals surface area contributed by atoms with Crippen molar-refractivity contribution >= 4 is 30.8 Å². The smallest absolute Gasteiger partial charge is 0.340 e. The van der Waals surface area contributed by atoms with Gasteiger partial charge in [-0.15, -0.1) is 24.8 Å². The van der Waals surface area contributed by atoms with Gasteiger partial charge < -0.3 is 10.5 Å². The third-order valence-corrected chi connectivity index (χ3v) is 2.26.